The Labute approximate surface area is 159 Å². The lowest BCUT2D eigenvalue weighted by Gasteiger charge is -2.20. The van der Waals surface area contributed by atoms with Gasteiger partial charge in [0.25, 0.3) is 5.91 Å². The van der Waals surface area contributed by atoms with Crippen LogP contribution in [0.15, 0.2) is 42.5 Å². The molecular weight excluding hydrogens is 342 g/mol. The van der Waals surface area contributed by atoms with E-state index in [-0.39, 0.29) is 18.4 Å². The molecule has 0 spiro atoms. The first-order chi connectivity index (χ1) is 13.1. The molecule has 1 heterocycles. The molecule has 6 heteroatoms. The molecular formula is C21H25N3O3. The standard InChI is InChI=1S/C21H25N3O3/c1-15-6-5-7-18(20(15)21(26)24-12-3-4-13-24)22-14-19(25)23-16-8-10-17(27-2)11-9-16/h5-11,22H,3-4,12-14H2,1-2H3,(H,23,25). The summed E-state index contributed by atoms with van der Waals surface area (Å²) < 4.78 is 5.11. The van der Waals surface area contributed by atoms with Gasteiger partial charge in [-0.3, -0.25) is 9.59 Å². The molecule has 0 saturated carbocycles. The highest BCUT2D eigenvalue weighted by atomic mass is 16.5. The molecule has 27 heavy (non-hydrogen) atoms. The molecule has 3 rings (SSSR count). The Morgan fingerprint density at radius 3 is 2.44 bits per heavy atom. The van der Waals surface area contributed by atoms with Crippen molar-refractivity contribution in [1.82, 2.24) is 4.90 Å². The molecule has 0 bridgehead atoms. The van der Waals surface area contributed by atoms with E-state index in [1.54, 1.807) is 31.4 Å². The van der Waals surface area contributed by atoms with E-state index >= 15 is 0 Å². The second-order valence-corrected chi connectivity index (χ2v) is 6.63. The van der Waals surface area contributed by atoms with Gasteiger partial charge in [0, 0.05) is 24.5 Å². The van der Waals surface area contributed by atoms with E-state index < -0.39 is 0 Å². The quantitative estimate of drug-likeness (QED) is 0.822. The molecule has 1 fully saturated rings. The van der Waals surface area contributed by atoms with Gasteiger partial charge in [-0.25, -0.2) is 0 Å². The van der Waals surface area contributed by atoms with Crippen LogP contribution in [0.4, 0.5) is 11.4 Å². The van der Waals surface area contributed by atoms with Crippen molar-refractivity contribution < 1.29 is 14.3 Å². The van der Waals surface area contributed by atoms with E-state index in [0.717, 1.165) is 37.2 Å². The summed E-state index contributed by atoms with van der Waals surface area (Å²) in [5, 5.41) is 5.95. The second kappa shape index (κ2) is 8.58. The third-order valence-electron chi connectivity index (χ3n) is 4.69. The van der Waals surface area contributed by atoms with Gasteiger partial charge in [0.1, 0.15) is 5.75 Å². The van der Waals surface area contributed by atoms with Crippen molar-refractivity contribution in [2.75, 3.05) is 37.4 Å². The van der Waals surface area contributed by atoms with Crippen LogP contribution in [0.3, 0.4) is 0 Å². The lowest BCUT2D eigenvalue weighted by molar-refractivity contribution is -0.114. The van der Waals surface area contributed by atoms with Crippen LogP contribution < -0.4 is 15.4 Å². The van der Waals surface area contributed by atoms with Gasteiger partial charge >= 0.3 is 0 Å². The number of hydrogen-bond donors (Lipinski definition) is 2. The second-order valence-electron chi connectivity index (χ2n) is 6.63. The molecule has 142 valence electrons. The SMILES string of the molecule is COc1ccc(NC(=O)CNc2cccc(C)c2C(=O)N2CCCC2)cc1. The topological polar surface area (TPSA) is 70.7 Å². The number of benzene rings is 2. The summed E-state index contributed by atoms with van der Waals surface area (Å²) in [5.74, 6) is 0.584. The van der Waals surface area contributed by atoms with Gasteiger partial charge in [0.15, 0.2) is 0 Å². The minimum absolute atomic E-state index is 0.0312. The highest BCUT2D eigenvalue weighted by molar-refractivity contribution is 6.02. The average molecular weight is 367 g/mol. The highest BCUT2D eigenvalue weighted by Crippen LogP contribution is 2.23. The summed E-state index contributed by atoms with van der Waals surface area (Å²) >= 11 is 0. The van der Waals surface area contributed by atoms with Gasteiger partial charge in [-0.15, -0.1) is 0 Å². The first kappa shape index (κ1) is 18.8. The maximum Gasteiger partial charge on any atom is 0.256 e. The van der Waals surface area contributed by atoms with Gasteiger partial charge in [-0.1, -0.05) is 12.1 Å². The van der Waals surface area contributed by atoms with Crippen molar-refractivity contribution in [3.63, 3.8) is 0 Å². The van der Waals surface area contributed by atoms with E-state index in [2.05, 4.69) is 10.6 Å². The van der Waals surface area contributed by atoms with Crippen molar-refractivity contribution in [2.45, 2.75) is 19.8 Å². The number of amides is 2. The van der Waals surface area contributed by atoms with E-state index in [1.807, 2.05) is 30.0 Å². The van der Waals surface area contributed by atoms with Crippen LogP contribution in [0.5, 0.6) is 5.75 Å². The average Bonchev–Trinajstić information content (AvgIpc) is 3.21. The van der Waals surface area contributed by atoms with Crippen molar-refractivity contribution >= 4 is 23.2 Å². The van der Waals surface area contributed by atoms with E-state index in [0.29, 0.717) is 16.9 Å². The van der Waals surface area contributed by atoms with Gasteiger partial charge in [0.05, 0.1) is 19.2 Å². The Balaban J connectivity index is 1.65. The Morgan fingerprint density at radius 2 is 1.78 bits per heavy atom. The number of nitrogens with zero attached hydrogens (tertiary/aromatic N) is 1. The number of rotatable bonds is 6. The summed E-state index contributed by atoms with van der Waals surface area (Å²) in [7, 11) is 1.60. The fraction of sp³-hybridized carbons (Fsp3) is 0.333. The number of carbonyl (C=O) groups is 2. The van der Waals surface area contributed by atoms with Gasteiger partial charge in [-0.2, -0.15) is 0 Å². The van der Waals surface area contributed by atoms with E-state index in [9.17, 15) is 9.59 Å². The Bertz CT molecular complexity index is 812. The molecule has 0 radical (unpaired) electrons. The van der Waals surface area contributed by atoms with Crippen molar-refractivity contribution in [2.24, 2.45) is 0 Å². The molecule has 2 aromatic rings. The number of aryl methyl sites for hydroxylation is 1. The molecule has 2 N–H and O–H groups in total. The van der Waals surface area contributed by atoms with Crippen LogP contribution >= 0.6 is 0 Å². The first-order valence-electron chi connectivity index (χ1n) is 9.15. The van der Waals surface area contributed by atoms with Crippen molar-refractivity contribution in [3.05, 3.63) is 53.6 Å². The van der Waals surface area contributed by atoms with Crippen LogP contribution in [0.25, 0.3) is 0 Å². The maximum absolute atomic E-state index is 12.9. The number of methoxy groups -OCH3 is 1. The minimum atomic E-state index is -0.179. The summed E-state index contributed by atoms with van der Waals surface area (Å²) in [6, 6.07) is 12.8. The monoisotopic (exact) mass is 367 g/mol. The number of ether oxygens (including phenoxy) is 1. The number of hydrogen-bond acceptors (Lipinski definition) is 4. The number of anilines is 2. The number of carbonyl (C=O) groups excluding carboxylic acids is 2. The van der Waals surface area contributed by atoms with Crippen LogP contribution in [0.1, 0.15) is 28.8 Å². The molecule has 0 aliphatic carbocycles. The first-order valence-corrected chi connectivity index (χ1v) is 9.15. The maximum atomic E-state index is 12.9. The summed E-state index contributed by atoms with van der Waals surface area (Å²) in [6.45, 7) is 3.59. The van der Waals surface area contributed by atoms with E-state index in [1.165, 1.54) is 0 Å². The smallest absolute Gasteiger partial charge is 0.256 e. The lowest BCUT2D eigenvalue weighted by atomic mass is 10.0. The molecule has 2 amide bonds. The molecule has 2 aromatic carbocycles. The van der Waals surface area contributed by atoms with E-state index in [4.69, 9.17) is 4.74 Å². The van der Waals surface area contributed by atoms with Gasteiger partial charge < -0.3 is 20.3 Å². The molecule has 6 nitrogen and oxygen atoms in total. The summed E-state index contributed by atoms with van der Waals surface area (Å²) in [5.41, 5.74) is 2.95. The lowest BCUT2D eigenvalue weighted by Crippen LogP contribution is -2.30. The van der Waals surface area contributed by atoms with Crippen molar-refractivity contribution in [1.29, 1.82) is 0 Å². The largest absolute Gasteiger partial charge is 0.497 e. The fourth-order valence-corrected chi connectivity index (χ4v) is 3.23. The highest BCUT2D eigenvalue weighted by Gasteiger charge is 2.23. The minimum Gasteiger partial charge on any atom is -0.497 e. The molecule has 0 unspecified atom stereocenters. The third kappa shape index (κ3) is 4.58. The number of likely N-dealkylation sites (tertiary alicyclic amines) is 1. The molecule has 0 atom stereocenters. The Kier molecular flexibility index (Phi) is 5.96. The predicted molar refractivity (Wildman–Crippen MR) is 106 cm³/mol. The molecule has 1 saturated heterocycles. The van der Waals surface area contributed by atoms with Crippen LogP contribution in [0.2, 0.25) is 0 Å². The molecule has 0 aromatic heterocycles. The predicted octanol–water partition coefficient (Wildman–Crippen LogP) is 3.29. The van der Waals surface area contributed by atoms with Crippen LogP contribution in [-0.2, 0) is 4.79 Å². The Morgan fingerprint density at radius 1 is 1.07 bits per heavy atom. The van der Waals surface area contributed by atoms with Crippen molar-refractivity contribution in [3.8, 4) is 5.75 Å². The van der Waals surface area contributed by atoms with Crippen LogP contribution in [-0.4, -0.2) is 43.5 Å². The van der Waals surface area contributed by atoms with Gasteiger partial charge in [-0.05, 0) is 55.7 Å². The normalized spacial score (nSPS) is 13.3. The van der Waals surface area contributed by atoms with Gasteiger partial charge in [0.2, 0.25) is 5.91 Å². The zero-order valence-electron chi connectivity index (χ0n) is 15.7. The fourth-order valence-electron chi connectivity index (χ4n) is 3.23. The number of nitrogens with one attached hydrogen (secondary N) is 2. The summed E-state index contributed by atoms with van der Waals surface area (Å²) in [4.78, 5) is 27.0. The van der Waals surface area contributed by atoms with Crippen LogP contribution in [0, 0.1) is 6.92 Å². The molecule has 1 aliphatic heterocycles. The Hall–Kier alpha value is -3.02. The zero-order valence-corrected chi connectivity index (χ0v) is 15.7. The zero-order chi connectivity index (χ0) is 19.2. The molecule has 1 aliphatic rings. The summed E-state index contributed by atoms with van der Waals surface area (Å²) in [6.07, 6.45) is 2.09. The third-order valence-corrected chi connectivity index (χ3v) is 4.69.